The molecule has 0 aromatic carbocycles. The molecule has 0 aromatic heterocycles. The molecule has 0 radical (unpaired) electrons. The lowest BCUT2D eigenvalue weighted by molar-refractivity contribution is 0.124. The van der Waals surface area contributed by atoms with Crippen LogP contribution in [0.25, 0.3) is 0 Å². The van der Waals surface area contributed by atoms with Crippen LogP contribution in [0.2, 0.25) is 0 Å². The molecule has 2 aliphatic carbocycles. The zero-order valence-corrected chi connectivity index (χ0v) is 21.4. The molecule has 0 amide bonds. The standard InChI is InChI=1S/C24H47O2PS2/c28-27(29,25-23-19-15-11-7-3-1-4-8-12-16-20-23)26-24-21-17-13-9-5-2-6-10-14-18-22-24/h23-24H,1-22H2,(H,28,29). The van der Waals surface area contributed by atoms with Gasteiger partial charge in [0.15, 0.2) is 0 Å². The zero-order valence-electron chi connectivity index (χ0n) is 18.8. The third-order valence-electron chi connectivity index (χ3n) is 6.67. The summed E-state index contributed by atoms with van der Waals surface area (Å²) < 4.78 is 12.9. The predicted octanol–water partition coefficient (Wildman–Crippen LogP) is 9.52. The van der Waals surface area contributed by atoms with Gasteiger partial charge in [0.2, 0.25) is 5.69 Å². The van der Waals surface area contributed by atoms with Crippen molar-refractivity contribution in [1.82, 2.24) is 0 Å². The van der Waals surface area contributed by atoms with Gasteiger partial charge in [-0.15, -0.1) is 0 Å². The van der Waals surface area contributed by atoms with Crippen molar-refractivity contribution in [2.75, 3.05) is 0 Å². The molecule has 29 heavy (non-hydrogen) atoms. The van der Waals surface area contributed by atoms with E-state index in [4.69, 9.17) is 33.1 Å². The van der Waals surface area contributed by atoms with Gasteiger partial charge in [0.05, 0.1) is 12.2 Å². The zero-order chi connectivity index (χ0) is 20.6. The van der Waals surface area contributed by atoms with Gasteiger partial charge in [0, 0.05) is 0 Å². The third-order valence-corrected chi connectivity index (χ3v) is 8.88. The van der Waals surface area contributed by atoms with Crippen molar-refractivity contribution in [3.63, 3.8) is 0 Å². The molecule has 2 aliphatic rings. The maximum absolute atomic E-state index is 6.43. The minimum Gasteiger partial charge on any atom is -0.318 e. The summed E-state index contributed by atoms with van der Waals surface area (Å²) in [6, 6.07) is 0. The van der Waals surface area contributed by atoms with Crippen LogP contribution in [-0.2, 0) is 20.9 Å². The molecule has 2 nitrogen and oxygen atoms in total. The van der Waals surface area contributed by atoms with E-state index in [9.17, 15) is 0 Å². The van der Waals surface area contributed by atoms with Gasteiger partial charge in [0.25, 0.3) is 0 Å². The third kappa shape index (κ3) is 13.8. The van der Waals surface area contributed by atoms with Gasteiger partial charge < -0.3 is 9.05 Å². The fourth-order valence-electron chi connectivity index (χ4n) is 4.86. The number of hydrogen-bond donors (Lipinski definition) is 1. The van der Waals surface area contributed by atoms with E-state index in [1.54, 1.807) is 0 Å². The first-order valence-corrected chi connectivity index (χ1v) is 16.6. The summed E-state index contributed by atoms with van der Waals surface area (Å²) in [6.45, 7) is 0. The van der Waals surface area contributed by atoms with Gasteiger partial charge in [0.1, 0.15) is 0 Å². The van der Waals surface area contributed by atoms with E-state index in [1.807, 2.05) is 0 Å². The SMILES string of the molecule is S=P(S)(OC1CCCCCCCCCCC1)OC1CCCCCCCCCCC1. The molecule has 172 valence electrons. The van der Waals surface area contributed by atoms with Crippen LogP contribution >= 0.6 is 17.9 Å². The second-order valence-electron chi connectivity index (χ2n) is 9.44. The molecule has 0 heterocycles. The van der Waals surface area contributed by atoms with Crippen LogP contribution in [0.3, 0.4) is 0 Å². The molecular weight excluding hydrogens is 415 g/mol. The quantitative estimate of drug-likeness (QED) is 0.331. The molecule has 0 N–H and O–H groups in total. The number of thiol groups is 1. The summed E-state index contributed by atoms with van der Waals surface area (Å²) in [5.41, 5.74) is -2.46. The monoisotopic (exact) mass is 462 g/mol. The molecular formula is C24H47O2PS2. The van der Waals surface area contributed by atoms with Crippen LogP contribution in [0.15, 0.2) is 0 Å². The molecule has 2 fully saturated rings. The van der Waals surface area contributed by atoms with Crippen molar-refractivity contribution < 1.29 is 9.05 Å². The van der Waals surface area contributed by atoms with E-state index in [-0.39, 0.29) is 12.2 Å². The topological polar surface area (TPSA) is 18.5 Å². The first-order chi connectivity index (χ1) is 14.2. The molecule has 0 saturated heterocycles. The molecule has 0 spiro atoms. The predicted molar refractivity (Wildman–Crippen MR) is 135 cm³/mol. The fourth-order valence-corrected chi connectivity index (χ4v) is 7.62. The molecule has 0 aromatic rings. The Labute approximate surface area is 192 Å². The minimum atomic E-state index is -2.46. The van der Waals surface area contributed by atoms with Crippen LogP contribution in [0, 0.1) is 0 Å². The van der Waals surface area contributed by atoms with Crippen molar-refractivity contribution in [2.45, 2.75) is 153 Å². The summed E-state index contributed by atoms with van der Waals surface area (Å²) >= 11 is 10.6. The fraction of sp³-hybridized carbons (Fsp3) is 1.00. The van der Waals surface area contributed by atoms with E-state index in [0.717, 1.165) is 25.7 Å². The van der Waals surface area contributed by atoms with Gasteiger partial charge in [-0.1, -0.05) is 128 Å². The highest BCUT2D eigenvalue weighted by atomic mass is 32.9. The Balaban J connectivity index is 1.82. The molecule has 0 atom stereocenters. The van der Waals surface area contributed by atoms with Gasteiger partial charge in [-0.25, -0.2) is 0 Å². The van der Waals surface area contributed by atoms with E-state index in [0.29, 0.717) is 0 Å². The highest BCUT2D eigenvalue weighted by molar-refractivity contribution is 8.60. The normalized spacial score (nSPS) is 24.6. The van der Waals surface area contributed by atoms with Crippen LogP contribution in [0.4, 0.5) is 0 Å². The lowest BCUT2D eigenvalue weighted by atomic mass is 10.00. The van der Waals surface area contributed by atoms with Crippen LogP contribution in [-0.4, -0.2) is 12.2 Å². The minimum absolute atomic E-state index is 0.254. The first-order valence-electron chi connectivity index (χ1n) is 12.9. The summed E-state index contributed by atoms with van der Waals surface area (Å²) in [5, 5.41) is 0. The van der Waals surface area contributed by atoms with Crippen molar-refractivity contribution in [1.29, 1.82) is 0 Å². The van der Waals surface area contributed by atoms with Crippen LogP contribution in [0.1, 0.15) is 141 Å². The summed E-state index contributed by atoms with van der Waals surface area (Å²) in [6.07, 6.45) is 29.4. The number of rotatable bonds is 4. The largest absolute Gasteiger partial charge is 0.318 e. The van der Waals surface area contributed by atoms with Crippen molar-refractivity contribution in [3.8, 4) is 0 Å². The van der Waals surface area contributed by atoms with Gasteiger partial charge in [-0.05, 0) is 37.5 Å². The highest BCUT2D eigenvalue weighted by Crippen LogP contribution is 2.57. The molecule has 0 aliphatic heterocycles. The number of hydrogen-bond acceptors (Lipinski definition) is 3. The van der Waals surface area contributed by atoms with E-state index in [1.165, 1.54) is 116 Å². The van der Waals surface area contributed by atoms with E-state index in [2.05, 4.69) is 0 Å². The van der Waals surface area contributed by atoms with Gasteiger partial charge in [-0.2, -0.15) is 0 Å². The molecule has 0 bridgehead atoms. The van der Waals surface area contributed by atoms with E-state index >= 15 is 0 Å². The van der Waals surface area contributed by atoms with Crippen molar-refractivity contribution >= 4 is 29.7 Å². The Kier molecular flexibility index (Phi) is 14.9. The van der Waals surface area contributed by atoms with Crippen LogP contribution < -0.4 is 0 Å². The summed E-state index contributed by atoms with van der Waals surface area (Å²) in [7, 11) is 0. The van der Waals surface area contributed by atoms with Crippen LogP contribution in [0.5, 0.6) is 0 Å². The Morgan fingerprint density at radius 1 is 0.448 bits per heavy atom. The maximum atomic E-state index is 6.43. The Morgan fingerprint density at radius 2 is 0.655 bits per heavy atom. The maximum Gasteiger partial charge on any atom is 0.244 e. The first kappa shape index (κ1) is 26.2. The average molecular weight is 463 g/mol. The highest BCUT2D eigenvalue weighted by Gasteiger charge is 2.24. The second kappa shape index (κ2) is 16.5. The lowest BCUT2D eigenvalue weighted by Gasteiger charge is -2.28. The lowest BCUT2D eigenvalue weighted by Crippen LogP contribution is -2.16. The molecule has 2 rings (SSSR count). The molecule has 5 heteroatoms. The molecule has 2 saturated carbocycles. The average Bonchev–Trinajstić information content (AvgIpc) is 2.66. The Morgan fingerprint density at radius 3 is 0.897 bits per heavy atom. The van der Waals surface area contributed by atoms with Gasteiger partial charge >= 0.3 is 0 Å². The van der Waals surface area contributed by atoms with Gasteiger partial charge in [-0.3, -0.25) is 0 Å². The Bertz CT molecular complexity index is 387. The Hall–Kier alpha value is 0.920. The smallest absolute Gasteiger partial charge is 0.244 e. The van der Waals surface area contributed by atoms with Crippen molar-refractivity contribution in [2.24, 2.45) is 0 Å². The summed E-state index contributed by atoms with van der Waals surface area (Å²) in [5.74, 6) is 0. The second-order valence-corrected chi connectivity index (χ2v) is 14.6. The van der Waals surface area contributed by atoms with E-state index < -0.39 is 5.69 Å². The molecule has 0 unspecified atom stereocenters. The van der Waals surface area contributed by atoms with Crippen molar-refractivity contribution in [3.05, 3.63) is 0 Å². The summed E-state index contributed by atoms with van der Waals surface area (Å²) in [4.78, 5) is 0.